The van der Waals surface area contributed by atoms with Gasteiger partial charge in [0.1, 0.15) is 12.5 Å². The van der Waals surface area contributed by atoms with Crippen molar-refractivity contribution in [2.45, 2.75) is 44.4 Å². The molecule has 1 fully saturated rings. The zero-order chi connectivity index (χ0) is 24.4. The number of Topliss-reactive ketones (excluding diaryl/α,β-unsaturated/α-hetero) is 1. The molecule has 34 heavy (non-hydrogen) atoms. The number of benzene rings is 1. The van der Waals surface area contributed by atoms with E-state index >= 15 is 0 Å². The highest BCUT2D eigenvalue weighted by Gasteiger charge is 2.42. The molecule has 10 nitrogen and oxygen atoms in total. The van der Waals surface area contributed by atoms with E-state index in [0.717, 1.165) is 30.4 Å². The number of aromatic nitrogens is 2. The third kappa shape index (κ3) is 4.62. The van der Waals surface area contributed by atoms with Crippen molar-refractivity contribution in [2.24, 2.45) is 5.10 Å². The number of halogens is 2. The molecular formula is C22H19Cl2N5O5. The molecule has 176 valence electrons. The Labute approximate surface area is 203 Å². The Kier molecular flexibility index (Phi) is 6.86. The molecule has 1 heterocycles. The first kappa shape index (κ1) is 23.7. The van der Waals surface area contributed by atoms with Crippen molar-refractivity contribution in [1.82, 2.24) is 10.2 Å². The Morgan fingerprint density at radius 3 is 2.59 bits per heavy atom. The molecule has 2 N–H and O–H groups in total. The van der Waals surface area contributed by atoms with Crippen LogP contribution in [0.1, 0.15) is 55.6 Å². The van der Waals surface area contributed by atoms with Gasteiger partial charge in [-0.25, -0.2) is 5.10 Å². The maximum atomic E-state index is 12.3. The summed E-state index contributed by atoms with van der Waals surface area (Å²) in [5.74, 6) is -0.710. The summed E-state index contributed by atoms with van der Waals surface area (Å²) in [5.41, 5.74) is 3.62. The number of esters is 1. The summed E-state index contributed by atoms with van der Waals surface area (Å²) >= 11 is 12.7. The summed E-state index contributed by atoms with van der Waals surface area (Å²) in [7, 11) is 0. The van der Waals surface area contributed by atoms with Crippen molar-refractivity contribution < 1.29 is 19.1 Å². The summed E-state index contributed by atoms with van der Waals surface area (Å²) in [6, 6.07) is 4.52. The lowest BCUT2D eigenvalue weighted by molar-refractivity contribution is -0.144. The first-order valence-electron chi connectivity index (χ1n) is 10.5. The molecule has 1 aromatic carbocycles. The molecular weight excluding hydrogens is 485 g/mol. The highest BCUT2D eigenvalue weighted by Crippen LogP contribution is 2.54. The van der Waals surface area contributed by atoms with E-state index in [1.165, 1.54) is 12.1 Å². The number of ketones is 1. The fourth-order valence-electron chi connectivity index (χ4n) is 4.36. The number of aromatic amines is 1. The smallest absolute Gasteiger partial charge is 0.313 e. The van der Waals surface area contributed by atoms with Crippen molar-refractivity contribution in [3.63, 3.8) is 0 Å². The highest BCUT2D eigenvalue weighted by molar-refractivity contribution is 6.48. The van der Waals surface area contributed by atoms with Crippen molar-refractivity contribution in [2.75, 3.05) is 12.0 Å². The number of nitrogens with one attached hydrogen (secondary N) is 2. The Morgan fingerprint density at radius 2 is 1.94 bits per heavy atom. The van der Waals surface area contributed by atoms with Gasteiger partial charge in [-0.3, -0.25) is 19.8 Å². The van der Waals surface area contributed by atoms with E-state index in [2.05, 4.69) is 20.7 Å². The molecule has 1 aromatic heterocycles. The van der Waals surface area contributed by atoms with Crippen LogP contribution in [0.5, 0.6) is 11.6 Å². The second kappa shape index (κ2) is 9.83. The van der Waals surface area contributed by atoms with Gasteiger partial charge in [0.15, 0.2) is 5.75 Å². The van der Waals surface area contributed by atoms with Crippen LogP contribution in [-0.4, -0.2) is 34.3 Å². The lowest BCUT2D eigenvalue weighted by atomic mass is 9.94. The zero-order valence-electron chi connectivity index (χ0n) is 18.0. The van der Waals surface area contributed by atoms with Gasteiger partial charge in [0.05, 0.1) is 22.3 Å². The average Bonchev–Trinajstić information content (AvgIpc) is 3.41. The molecule has 12 heteroatoms. The standard InChI is InChI=1S/C22H19Cl2N5O5/c1-2-33-17(31)8-16(30)15(9-25)27-26-12-6-13(23)20(14(24)7-12)34-22-19-11-4-3-10(5-11)18(19)21(32)28-29-22/h6-7,10-11,26H,2-5,8H2,1H3,(H,28,32)/b27-15-. The average molecular weight is 504 g/mol. The summed E-state index contributed by atoms with van der Waals surface area (Å²) in [6.07, 6.45) is 2.24. The third-order valence-electron chi connectivity index (χ3n) is 5.75. The predicted octanol–water partition coefficient (Wildman–Crippen LogP) is 4.05. The molecule has 0 spiro atoms. The molecule has 0 saturated heterocycles. The maximum absolute atomic E-state index is 12.3. The van der Waals surface area contributed by atoms with Gasteiger partial charge in [0.2, 0.25) is 17.4 Å². The minimum atomic E-state index is -0.794. The number of carbonyl (C=O) groups is 2. The summed E-state index contributed by atoms with van der Waals surface area (Å²) in [4.78, 5) is 35.8. The van der Waals surface area contributed by atoms with Gasteiger partial charge < -0.3 is 9.47 Å². The van der Waals surface area contributed by atoms with Crippen LogP contribution in [-0.2, 0) is 14.3 Å². The third-order valence-corrected chi connectivity index (χ3v) is 6.31. The number of anilines is 1. The predicted molar refractivity (Wildman–Crippen MR) is 124 cm³/mol. The molecule has 2 aromatic rings. The van der Waals surface area contributed by atoms with Crippen LogP contribution in [0.25, 0.3) is 0 Å². The molecule has 1 saturated carbocycles. The van der Waals surface area contributed by atoms with E-state index in [-0.39, 0.29) is 51.4 Å². The van der Waals surface area contributed by atoms with E-state index in [1.54, 1.807) is 13.0 Å². The summed E-state index contributed by atoms with van der Waals surface area (Å²) in [6.45, 7) is 1.72. The number of hydrogen-bond acceptors (Lipinski definition) is 9. The molecule has 0 aliphatic heterocycles. The summed E-state index contributed by atoms with van der Waals surface area (Å²) in [5, 5.41) is 19.7. The first-order valence-corrected chi connectivity index (χ1v) is 11.3. The van der Waals surface area contributed by atoms with Crippen LogP contribution < -0.4 is 15.7 Å². The zero-order valence-corrected chi connectivity index (χ0v) is 19.5. The Balaban J connectivity index is 1.53. The van der Waals surface area contributed by atoms with Crippen LogP contribution in [0.2, 0.25) is 10.0 Å². The minimum Gasteiger partial charge on any atom is -0.466 e. The molecule has 4 rings (SSSR count). The second-order valence-electron chi connectivity index (χ2n) is 7.85. The van der Waals surface area contributed by atoms with Crippen LogP contribution in [0.3, 0.4) is 0 Å². The Bertz CT molecular complexity index is 1280. The number of hydrazone groups is 1. The number of carbonyl (C=O) groups excluding carboxylic acids is 2. The van der Waals surface area contributed by atoms with Gasteiger partial charge in [-0.05, 0) is 50.2 Å². The summed E-state index contributed by atoms with van der Waals surface area (Å²) < 4.78 is 10.6. The van der Waals surface area contributed by atoms with E-state index < -0.39 is 23.9 Å². The number of nitriles is 1. The van der Waals surface area contributed by atoms with E-state index in [1.807, 2.05) is 0 Å². The highest BCUT2D eigenvalue weighted by atomic mass is 35.5. The first-order chi connectivity index (χ1) is 16.3. The fraction of sp³-hybridized carbons (Fsp3) is 0.364. The number of H-pyrrole nitrogens is 1. The fourth-order valence-corrected chi connectivity index (χ4v) is 4.92. The maximum Gasteiger partial charge on any atom is 0.313 e. The molecule has 2 aliphatic carbocycles. The van der Waals surface area contributed by atoms with Crippen molar-refractivity contribution in [1.29, 1.82) is 5.26 Å². The van der Waals surface area contributed by atoms with Crippen LogP contribution in [0.4, 0.5) is 5.69 Å². The normalized spacial score (nSPS) is 18.2. The molecule has 2 unspecified atom stereocenters. The van der Waals surface area contributed by atoms with Gasteiger partial charge in [0.25, 0.3) is 5.56 Å². The van der Waals surface area contributed by atoms with E-state index in [0.29, 0.717) is 0 Å². The van der Waals surface area contributed by atoms with Gasteiger partial charge in [0, 0.05) is 11.1 Å². The van der Waals surface area contributed by atoms with Crippen LogP contribution in [0.15, 0.2) is 22.0 Å². The minimum absolute atomic E-state index is 0.117. The topological polar surface area (TPSA) is 147 Å². The number of ether oxygens (including phenoxy) is 2. The molecule has 0 amide bonds. The number of hydrogen-bond donors (Lipinski definition) is 2. The monoisotopic (exact) mass is 503 g/mol. The number of nitrogens with zero attached hydrogens (tertiary/aromatic N) is 3. The van der Waals surface area contributed by atoms with Crippen molar-refractivity contribution >= 4 is 46.4 Å². The lowest BCUT2D eigenvalue weighted by Gasteiger charge is -2.18. The van der Waals surface area contributed by atoms with Gasteiger partial charge in [-0.2, -0.15) is 10.4 Å². The van der Waals surface area contributed by atoms with Crippen molar-refractivity contribution in [3.05, 3.63) is 43.7 Å². The van der Waals surface area contributed by atoms with E-state index in [9.17, 15) is 19.6 Å². The molecule has 0 radical (unpaired) electrons. The Morgan fingerprint density at radius 1 is 1.26 bits per heavy atom. The van der Waals surface area contributed by atoms with Gasteiger partial charge in [-0.15, -0.1) is 5.10 Å². The van der Waals surface area contributed by atoms with Crippen molar-refractivity contribution in [3.8, 4) is 17.7 Å². The van der Waals surface area contributed by atoms with Crippen LogP contribution >= 0.6 is 23.2 Å². The van der Waals surface area contributed by atoms with E-state index in [4.69, 9.17) is 32.7 Å². The van der Waals surface area contributed by atoms with Gasteiger partial charge in [-0.1, -0.05) is 23.2 Å². The molecule has 2 aliphatic rings. The largest absolute Gasteiger partial charge is 0.466 e. The van der Waals surface area contributed by atoms with Crippen LogP contribution in [0, 0.1) is 11.3 Å². The molecule has 2 atom stereocenters. The Hall–Kier alpha value is -3.42. The number of fused-ring (bicyclic) bond motifs is 5. The van der Waals surface area contributed by atoms with Gasteiger partial charge >= 0.3 is 5.97 Å². The second-order valence-corrected chi connectivity index (χ2v) is 8.67. The number of rotatable bonds is 8. The SMILES string of the molecule is CCOC(=O)CC(=O)/C(C#N)=N\Nc1cc(Cl)c(Oc2n[nH]c(=O)c3c2C2CCC3C2)c(Cl)c1. The lowest BCUT2D eigenvalue weighted by Crippen LogP contribution is -2.19. The molecule has 2 bridgehead atoms. The quantitative estimate of drug-likeness (QED) is 0.237.